The highest BCUT2D eigenvalue weighted by Crippen LogP contribution is 2.11. The Hall–Kier alpha value is -2.21. The highest BCUT2D eigenvalue weighted by Gasteiger charge is 2.42. The normalized spacial score (nSPS) is 15.8. The summed E-state index contributed by atoms with van der Waals surface area (Å²) in [6.45, 7) is 0.693. The van der Waals surface area contributed by atoms with Crippen LogP contribution >= 0.6 is 0 Å². The van der Waals surface area contributed by atoms with Gasteiger partial charge in [0.25, 0.3) is 0 Å². The predicted octanol–water partition coefficient (Wildman–Crippen LogP) is 0.496. The molecule has 1 aliphatic heterocycles. The second-order valence-electron chi connectivity index (χ2n) is 4.52. The van der Waals surface area contributed by atoms with Crippen LogP contribution in [0.1, 0.15) is 5.56 Å². The molecule has 100 valence electrons. The summed E-state index contributed by atoms with van der Waals surface area (Å²) in [7, 11) is 3.09. The molecule has 1 fully saturated rings. The lowest BCUT2D eigenvalue weighted by Crippen LogP contribution is -2.40. The molecule has 1 heterocycles. The molecule has 1 saturated heterocycles. The van der Waals surface area contributed by atoms with E-state index in [-0.39, 0.29) is 6.67 Å². The maximum Gasteiger partial charge on any atom is 0.335 e. The van der Waals surface area contributed by atoms with E-state index >= 15 is 0 Å². The van der Waals surface area contributed by atoms with Crippen molar-refractivity contribution in [3.8, 4) is 0 Å². The van der Waals surface area contributed by atoms with Crippen LogP contribution in [0.5, 0.6) is 0 Å². The molecule has 0 spiro atoms. The molecule has 1 aromatic rings. The molecule has 19 heavy (non-hydrogen) atoms. The molecule has 0 saturated carbocycles. The zero-order valence-electron chi connectivity index (χ0n) is 10.9. The SMILES string of the molecule is CN(Cc1ccccc1)CN1C(=O)C(=O)N(C)C1=O. The van der Waals surface area contributed by atoms with Gasteiger partial charge in [0.05, 0.1) is 6.67 Å². The van der Waals surface area contributed by atoms with Gasteiger partial charge in [-0.15, -0.1) is 0 Å². The summed E-state index contributed by atoms with van der Waals surface area (Å²) in [5.74, 6) is -1.55. The van der Waals surface area contributed by atoms with Crippen molar-refractivity contribution in [3.63, 3.8) is 0 Å². The quantitative estimate of drug-likeness (QED) is 0.585. The molecular formula is C13H15N3O3. The first kappa shape index (κ1) is 13.2. The van der Waals surface area contributed by atoms with Crippen molar-refractivity contribution in [1.82, 2.24) is 14.7 Å². The number of urea groups is 1. The Balaban J connectivity index is 2.00. The van der Waals surface area contributed by atoms with Crippen molar-refractivity contribution in [2.75, 3.05) is 20.8 Å². The van der Waals surface area contributed by atoms with Gasteiger partial charge in [-0.1, -0.05) is 30.3 Å². The summed E-state index contributed by atoms with van der Waals surface area (Å²) < 4.78 is 0. The van der Waals surface area contributed by atoms with Gasteiger partial charge >= 0.3 is 17.8 Å². The average Bonchev–Trinajstić information content (AvgIpc) is 2.58. The van der Waals surface area contributed by atoms with Crippen LogP contribution in [0.15, 0.2) is 30.3 Å². The number of benzene rings is 1. The van der Waals surface area contributed by atoms with Gasteiger partial charge in [0.15, 0.2) is 0 Å². The number of carbonyl (C=O) groups is 3. The zero-order chi connectivity index (χ0) is 14.0. The van der Waals surface area contributed by atoms with Crippen LogP contribution in [0.25, 0.3) is 0 Å². The minimum atomic E-state index is -0.780. The molecule has 0 aromatic heterocycles. The van der Waals surface area contributed by atoms with Crippen molar-refractivity contribution in [2.45, 2.75) is 6.54 Å². The van der Waals surface area contributed by atoms with Crippen molar-refractivity contribution in [1.29, 1.82) is 0 Å². The maximum absolute atomic E-state index is 11.7. The molecule has 4 amide bonds. The third-order valence-electron chi connectivity index (χ3n) is 2.93. The first-order chi connectivity index (χ1) is 9.00. The number of hydrogen-bond acceptors (Lipinski definition) is 4. The third kappa shape index (κ3) is 2.63. The van der Waals surface area contributed by atoms with Gasteiger partial charge in [-0.25, -0.2) is 9.69 Å². The van der Waals surface area contributed by atoms with Crippen molar-refractivity contribution < 1.29 is 14.4 Å². The molecule has 0 aliphatic carbocycles. The summed E-state index contributed by atoms with van der Waals surface area (Å²) in [6.07, 6.45) is 0. The number of nitrogens with zero attached hydrogens (tertiary/aromatic N) is 3. The fourth-order valence-corrected chi connectivity index (χ4v) is 1.92. The van der Waals surface area contributed by atoms with Gasteiger partial charge in [0.1, 0.15) is 0 Å². The van der Waals surface area contributed by atoms with E-state index in [2.05, 4.69) is 0 Å². The summed E-state index contributed by atoms with van der Waals surface area (Å²) in [5.41, 5.74) is 1.07. The van der Waals surface area contributed by atoms with Gasteiger partial charge in [0, 0.05) is 13.6 Å². The molecule has 0 unspecified atom stereocenters. The highest BCUT2D eigenvalue weighted by atomic mass is 16.2. The number of carbonyl (C=O) groups excluding carboxylic acids is 3. The Morgan fingerprint density at radius 1 is 1.05 bits per heavy atom. The van der Waals surface area contributed by atoms with Crippen LogP contribution in [-0.4, -0.2) is 53.3 Å². The Kier molecular flexibility index (Phi) is 3.62. The summed E-state index contributed by atoms with van der Waals surface area (Å²) in [4.78, 5) is 38.2. The van der Waals surface area contributed by atoms with Crippen LogP contribution in [0.3, 0.4) is 0 Å². The Morgan fingerprint density at radius 2 is 1.68 bits per heavy atom. The fourth-order valence-electron chi connectivity index (χ4n) is 1.92. The second-order valence-corrected chi connectivity index (χ2v) is 4.52. The van der Waals surface area contributed by atoms with Gasteiger partial charge in [0.2, 0.25) is 0 Å². The third-order valence-corrected chi connectivity index (χ3v) is 2.93. The monoisotopic (exact) mass is 261 g/mol. The molecule has 0 bridgehead atoms. The number of likely N-dealkylation sites (N-methyl/N-ethyl adjacent to an activating group) is 1. The molecule has 0 N–H and O–H groups in total. The maximum atomic E-state index is 11.7. The number of hydrogen-bond donors (Lipinski definition) is 0. The van der Waals surface area contributed by atoms with Crippen molar-refractivity contribution in [3.05, 3.63) is 35.9 Å². The summed E-state index contributed by atoms with van der Waals surface area (Å²) >= 11 is 0. The van der Waals surface area contributed by atoms with E-state index in [1.165, 1.54) is 7.05 Å². The van der Waals surface area contributed by atoms with Crippen LogP contribution in [0.2, 0.25) is 0 Å². The topological polar surface area (TPSA) is 60.9 Å². The summed E-state index contributed by atoms with van der Waals surface area (Å²) in [5, 5.41) is 0. The first-order valence-corrected chi connectivity index (χ1v) is 5.86. The lowest BCUT2D eigenvalue weighted by molar-refractivity contribution is -0.143. The van der Waals surface area contributed by atoms with Crippen molar-refractivity contribution in [2.24, 2.45) is 0 Å². The average molecular weight is 261 g/mol. The molecule has 1 aromatic carbocycles. The smallest absolute Gasteiger partial charge is 0.284 e. The minimum absolute atomic E-state index is 0.0998. The van der Waals surface area contributed by atoms with Crippen LogP contribution < -0.4 is 0 Å². The van der Waals surface area contributed by atoms with E-state index < -0.39 is 17.8 Å². The van der Waals surface area contributed by atoms with Gasteiger partial charge in [-0.2, -0.15) is 0 Å². The molecule has 6 nitrogen and oxygen atoms in total. The molecule has 1 aliphatic rings. The van der Waals surface area contributed by atoms with E-state index in [0.717, 1.165) is 15.4 Å². The molecule has 0 atom stereocenters. The Labute approximate surface area is 111 Å². The van der Waals surface area contributed by atoms with E-state index in [1.54, 1.807) is 11.9 Å². The lowest BCUT2D eigenvalue weighted by Gasteiger charge is -2.21. The molecular weight excluding hydrogens is 246 g/mol. The van der Waals surface area contributed by atoms with E-state index in [4.69, 9.17) is 0 Å². The largest absolute Gasteiger partial charge is 0.335 e. The van der Waals surface area contributed by atoms with Gasteiger partial charge in [-0.05, 0) is 12.6 Å². The van der Waals surface area contributed by atoms with E-state index in [9.17, 15) is 14.4 Å². The van der Waals surface area contributed by atoms with Crippen LogP contribution in [-0.2, 0) is 16.1 Å². The van der Waals surface area contributed by atoms with Crippen LogP contribution in [0.4, 0.5) is 4.79 Å². The highest BCUT2D eigenvalue weighted by molar-refractivity contribution is 6.44. The number of rotatable bonds is 4. The Bertz CT molecular complexity index is 515. The van der Waals surface area contributed by atoms with E-state index in [1.807, 2.05) is 30.3 Å². The van der Waals surface area contributed by atoms with Crippen molar-refractivity contribution >= 4 is 17.8 Å². The van der Waals surface area contributed by atoms with Crippen LogP contribution in [0, 0.1) is 0 Å². The van der Waals surface area contributed by atoms with E-state index in [0.29, 0.717) is 6.54 Å². The zero-order valence-corrected chi connectivity index (χ0v) is 10.9. The summed E-state index contributed by atoms with van der Waals surface area (Å²) in [6, 6.07) is 9.11. The predicted molar refractivity (Wildman–Crippen MR) is 67.8 cm³/mol. The van der Waals surface area contributed by atoms with Gasteiger partial charge in [-0.3, -0.25) is 19.4 Å². The number of amides is 4. The molecule has 6 heteroatoms. The number of imide groups is 2. The minimum Gasteiger partial charge on any atom is -0.284 e. The standard InChI is InChI=1S/C13H15N3O3/c1-14(8-10-6-4-3-5-7-10)9-16-12(18)11(17)15(2)13(16)19/h3-7H,8-9H2,1-2H3. The second kappa shape index (κ2) is 5.19. The molecule has 2 rings (SSSR count). The van der Waals surface area contributed by atoms with Gasteiger partial charge < -0.3 is 0 Å². The fraction of sp³-hybridized carbons (Fsp3) is 0.308. The molecule has 0 radical (unpaired) electrons. The lowest BCUT2D eigenvalue weighted by atomic mass is 10.2. The first-order valence-electron chi connectivity index (χ1n) is 5.86. The Morgan fingerprint density at radius 3 is 2.21 bits per heavy atom.